The Labute approximate surface area is 59.1 Å². The Morgan fingerprint density at radius 3 is 2.00 bits per heavy atom. The monoisotopic (exact) mass is 152 g/mol. The third kappa shape index (κ3) is 3.10. The van der Waals surface area contributed by atoms with Gasteiger partial charge in [-0.05, 0) is 12.8 Å². The molecule has 0 fully saturated rings. The normalized spacial score (nSPS) is 12.0. The first kappa shape index (κ1) is 9.81. The van der Waals surface area contributed by atoms with Crippen molar-refractivity contribution in [1.29, 1.82) is 0 Å². The number of halogens is 1. The van der Waals surface area contributed by atoms with Crippen LogP contribution in [-0.2, 0) is 0 Å². The summed E-state index contributed by atoms with van der Waals surface area (Å²) in [6.45, 7) is -1.59. The Morgan fingerprint density at radius 1 is 1.20 bits per heavy atom. The van der Waals surface area contributed by atoms with Crippen LogP contribution in [0.25, 0.3) is 0 Å². The van der Waals surface area contributed by atoms with Crippen molar-refractivity contribution >= 4 is 0 Å². The van der Waals surface area contributed by atoms with Gasteiger partial charge >= 0.3 is 0 Å². The molecular weight excluding hydrogens is 139 g/mol. The van der Waals surface area contributed by atoms with Crippen LogP contribution in [0, 0.1) is 0 Å². The van der Waals surface area contributed by atoms with E-state index in [0.717, 1.165) is 0 Å². The number of hydrogen-bond acceptors (Lipinski definition) is 3. The summed E-state index contributed by atoms with van der Waals surface area (Å²) < 4.78 is 11.5. The van der Waals surface area contributed by atoms with Crippen molar-refractivity contribution in [2.45, 2.75) is 18.4 Å². The van der Waals surface area contributed by atoms with Crippen LogP contribution in [0.2, 0.25) is 0 Å². The van der Waals surface area contributed by atoms with Crippen LogP contribution >= 0.6 is 0 Å². The fourth-order valence-electron chi connectivity index (χ4n) is 0.604. The summed E-state index contributed by atoms with van der Waals surface area (Å²) in [5.41, 5.74) is -1.49. The minimum Gasteiger partial charge on any atom is -0.393 e. The quantitative estimate of drug-likeness (QED) is 0.495. The third-order valence-electron chi connectivity index (χ3n) is 1.36. The van der Waals surface area contributed by atoms with Gasteiger partial charge in [0.05, 0.1) is 19.9 Å². The lowest BCUT2D eigenvalue weighted by Crippen LogP contribution is -2.37. The number of aliphatic hydroxyl groups is 3. The molecule has 4 heteroatoms. The first-order chi connectivity index (χ1) is 4.68. The van der Waals surface area contributed by atoms with Crippen LogP contribution in [0.3, 0.4) is 0 Å². The molecule has 0 atom stereocenters. The summed E-state index contributed by atoms with van der Waals surface area (Å²) >= 11 is 0. The average Bonchev–Trinajstić information content (AvgIpc) is 2.00. The molecule has 0 aliphatic heterocycles. The number of aliphatic hydroxyl groups excluding tert-OH is 2. The molecule has 0 saturated heterocycles. The second kappa shape index (κ2) is 4.60. The SMILES string of the molecule is OCC(O)(CO)CCCF. The van der Waals surface area contributed by atoms with Gasteiger partial charge in [0.25, 0.3) is 0 Å². The smallest absolute Gasteiger partial charge is 0.111 e. The van der Waals surface area contributed by atoms with Gasteiger partial charge in [0.2, 0.25) is 0 Å². The lowest BCUT2D eigenvalue weighted by molar-refractivity contribution is -0.0620. The van der Waals surface area contributed by atoms with E-state index in [1.807, 2.05) is 0 Å². The first-order valence-electron chi connectivity index (χ1n) is 3.18. The third-order valence-corrected chi connectivity index (χ3v) is 1.36. The van der Waals surface area contributed by atoms with Crippen molar-refractivity contribution in [3.05, 3.63) is 0 Å². The van der Waals surface area contributed by atoms with E-state index in [2.05, 4.69) is 0 Å². The molecule has 0 aliphatic rings. The van der Waals surface area contributed by atoms with Crippen molar-refractivity contribution in [2.24, 2.45) is 0 Å². The highest BCUT2D eigenvalue weighted by Gasteiger charge is 2.23. The van der Waals surface area contributed by atoms with E-state index in [1.165, 1.54) is 0 Å². The van der Waals surface area contributed by atoms with Gasteiger partial charge in [0.15, 0.2) is 0 Å². The van der Waals surface area contributed by atoms with Crippen molar-refractivity contribution in [2.75, 3.05) is 19.9 Å². The summed E-state index contributed by atoms with van der Waals surface area (Å²) in [7, 11) is 0. The van der Waals surface area contributed by atoms with E-state index in [1.54, 1.807) is 0 Å². The molecule has 0 rings (SSSR count). The van der Waals surface area contributed by atoms with Gasteiger partial charge in [-0.15, -0.1) is 0 Å². The molecule has 0 aromatic rings. The van der Waals surface area contributed by atoms with Crippen LogP contribution in [0.4, 0.5) is 4.39 Å². The van der Waals surface area contributed by atoms with Crippen molar-refractivity contribution in [3.8, 4) is 0 Å². The fraction of sp³-hybridized carbons (Fsp3) is 1.00. The van der Waals surface area contributed by atoms with Gasteiger partial charge in [-0.2, -0.15) is 0 Å². The molecule has 0 bridgehead atoms. The van der Waals surface area contributed by atoms with Crippen LogP contribution < -0.4 is 0 Å². The Hall–Kier alpha value is -0.190. The molecule has 10 heavy (non-hydrogen) atoms. The molecular formula is C6H13FO3. The predicted molar refractivity (Wildman–Crippen MR) is 34.3 cm³/mol. The zero-order chi connectivity index (χ0) is 8.04. The highest BCUT2D eigenvalue weighted by molar-refractivity contribution is 4.75. The molecule has 0 saturated carbocycles. The second-order valence-corrected chi connectivity index (χ2v) is 2.33. The van der Waals surface area contributed by atoms with E-state index in [-0.39, 0.29) is 12.8 Å². The van der Waals surface area contributed by atoms with Crippen LogP contribution in [0.15, 0.2) is 0 Å². The fourth-order valence-corrected chi connectivity index (χ4v) is 0.604. The van der Waals surface area contributed by atoms with Crippen molar-refractivity contribution in [1.82, 2.24) is 0 Å². The molecule has 3 nitrogen and oxygen atoms in total. The van der Waals surface area contributed by atoms with E-state index < -0.39 is 25.5 Å². The van der Waals surface area contributed by atoms with Crippen LogP contribution in [0.1, 0.15) is 12.8 Å². The summed E-state index contributed by atoms with van der Waals surface area (Å²) in [5, 5.41) is 26.1. The maximum absolute atomic E-state index is 11.5. The van der Waals surface area contributed by atoms with E-state index >= 15 is 0 Å². The number of hydrogen-bond donors (Lipinski definition) is 3. The molecule has 0 spiro atoms. The Kier molecular flexibility index (Phi) is 4.51. The van der Waals surface area contributed by atoms with Gasteiger partial charge in [-0.1, -0.05) is 0 Å². The number of alkyl halides is 1. The van der Waals surface area contributed by atoms with Gasteiger partial charge in [-0.3, -0.25) is 4.39 Å². The van der Waals surface area contributed by atoms with E-state index in [9.17, 15) is 4.39 Å². The molecule has 3 N–H and O–H groups in total. The predicted octanol–water partition coefficient (Wildman–Crippen LogP) is -0.548. The van der Waals surface area contributed by atoms with Gasteiger partial charge < -0.3 is 15.3 Å². The molecule has 0 heterocycles. The first-order valence-corrected chi connectivity index (χ1v) is 3.18. The maximum Gasteiger partial charge on any atom is 0.111 e. The van der Waals surface area contributed by atoms with Gasteiger partial charge in [0, 0.05) is 0 Å². The molecule has 0 unspecified atom stereocenters. The average molecular weight is 152 g/mol. The highest BCUT2D eigenvalue weighted by Crippen LogP contribution is 2.10. The Bertz CT molecular complexity index is 83.1. The maximum atomic E-state index is 11.5. The van der Waals surface area contributed by atoms with Gasteiger partial charge in [0.1, 0.15) is 5.60 Å². The largest absolute Gasteiger partial charge is 0.393 e. The molecule has 0 aliphatic carbocycles. The molecule has 0 aromatic carbocycles. The van der Waals surface area contributed by atoms with Crippen molar-refractivity contribution in [3.63, 3.8) is 0 Å². The minimum absolute atomic E-state index is 0.0938. The second-order valence-electron chi connectivity index (χ2n) is 2.33. The summed E-state index contributed by atoms with van der Waals surface area (Å²) in [6.07, 6.45) is 0.258. The zero-order valence-electron chi connectivity index (χ0n) is 5.76. The lowest BCUT2D eigenvalue weighted by Gasteiger charge is -2.21. The summed E-state index contributed by atoms with van der Waals surface area (Å²) in [6, 6.07) is 0. The van der Waals surface area contributed by atoms with Crippen LogP contribution in [0.5, 0.6) is 0 Å². The number of rotatable bonds is 5. The topological polar surface area (TPSA) is 60.7 Å². The minimum atomic E-state index is -1.49. The standard InChI is InChI=1S/C6H13FO3/c7-3-1-2-6(10,4-8)5-9/h8-10H,1-5H2. The zero-order valence-corrected chi connectivity index (χ0v) is 5.76. The van der Waals surface area contributed by atoms with E-state index in [0.29, 0.717) is 0 Å². The van der Waals surface area contributed by atoms with E-state index in [4.69, 9.17) is 15.3 Å². The van der Waals surface area contributed by atoms with Crippen LogP contribution in [-0.4, -0.2) is 40.8 Å². The van der Waals surface area contributed by atoms with Gasteiger partial charge in [-0.25, -0.2) is 0 Å². The molecule has 0 radical (unpaired) electrons. The molecule has 0 aromatic heterocycles. The molecule has 0 amide bonds. The Balaban J connectivity index is 3.58. The Morgan fingerprint density at radius 2 is 1.70 bits per heavy atom. The van der Waals surface area contributed by atoms with Crippen molar-refractivity contribution < 1.29 is 19.7 Å². The summed E-state index contributed by atoms with van der Waals surface area (Å²) in [5.74, 6) is 0. The molecule has 62 valence electrons. The highest BCUT2D eigenvalue weighted by atomic mass is 19.1. The lowest BCUT2D eigenvalue weighted by atomic mass is 10.0. The summed E-state index contributed by atoms with van der Waals surface area (Å²) in [4.78, 5) is 0.